The summed E-state index contributed by atoms with van der Waals surface area (Å²) in [6.45, 7) is 1.21. The van der Waals surface area contributed by atoms with Gasteiger partial charge in [0.25, 0.3) is 0 Å². The van der Waals surface area contributed by atoms with Gasteiger partial charge >= 0.3 is 11.9 Å². The maximum absolute atomic E-state index is 10.5. The summed E-state index contributed by atoms with van der Waals surface area (Å²) >= 11 is 0. The summed E-state index contributed by atoms with van der Waals surface area (Å²) in [6, 6.07) is -1.09. The van der Waals surface area contributed by atoms with Crippen LogP contribution in [0.2, 0.25) is 0 Å². The van der Waals surface area contributed by atoms with Crippen molar-refractivity contribution in [2.24, 2.45) is 0 Å². The molecule has 0 spiro atoms. The van der Waals surface area contributed by atoms with Crippen LogP contribution < -0.4 is 10.9 Å². The van der Waals surface area contributed by atoms with Gasteiger partial charge in [-0.15, -0.1) is 0 Å². The van der Waals surface area contributed by atoms with Crippen LogP contribution >= 0.6 is 0 Å². The van der Waals surface area contributed by atoms with Crippen LogP contribution in [0.3, 0.4) is 0 Å². The van der Waals surface area contributed by atoms with E-state index < -0.39 is 23.9 Å². The molecular formula is C7H12N2O5. The fraction of sp³-hybridized carbons (Fsp3) is 0.571. The Kier molecular flexibility index (Phi) is 5.23. The molecule has 0 saturated carbocycles. The van der Waals surface area contributed by atoms with Crippen LogP contribution in [-0.4, -0.2) is 34.1 Å². The van der Waals surface area contributed by atoms with E-state index in [1.54, 1.807) is 0 Å². The van der Waals surface area contributed by atoms with E-state index in [0.29, 0.717) is 0 Å². The van der Waals surface area contributed by atoms with Crippen molar-refractivity contribution in [3.63, 3.8) is 0 Å². The zero-order valence-electron chi connectivity index (χ0n) is 7.61. The lowest BCUT2D eigenvalue weighted by molar-refractivity contribution is -0.141. The van der Waals surface area contributed by atoms with E-state index in [0.717, 1.165) is 0 Å². The molecule has 1 amide bonds. The molecule has 0 aromatic rings. The summed E-state index contributed by atoms with van der Waals surface area (Å²) in [5, 5.41) is 16.9. The number of nitrogens with one attached hydrogen (secondary N) is 2. The Morgan fingerprint density at radius 1 is 1.29 bits per heavy atom. The summed E-state index contributed by atoms with van der Waals surface area (Å²) in [6.07, 6.45) is -0.367. The molecule has 0 heterocycles. The first kappa shape index (κ1) is 12.4. The average Bonchev–Trinajstić information content (AvgIpc) is 2.02. The first-order valence-corrected chi connectivity index (χ1v) is 3.90. The van der Waals surface area contributed by atoms with Crippen LogP contribution in [0.15, 0.2) is 0 Å². The van der Waals surface area contributed by atoms with Gasteiger partial charge in [-0.1, -0.05) is 0 Å². The molecule has 0 aromatic carbocycles. The molecule has 0 aromatic heterocycles. The van der Waals surface area contributed by atoms with Gasteiger partial charge in [-0.05, 0) is 6.42 Å². The number of amides is 1. The minimum atomic E-state index is -1.21. The van der Waals surface area contributed by atoms with Gasteiger partial charge in [0.2, 0.25) is 5.91 Å². The second kappa shape index (κ2) is 5.92. The number of aliphatic carboxylic acids is 2. The van der Waals surface area contributed by atoms with E-state index >= 15 is 0 Å². The molecule has 0 saturated heterocycles. The largest absolute Gasteiger partial charge is 0.481 e. The van der Waals surface area contributed by atoms with Crippen molar-refractivity contribution < 1.29 is 24.6 Å². The number of carbonyl (C=O) groups excluding carboxylic acids is 1. The van der Waals surface area contributed by atoms with E-state index in [1.165, 1.54) is 6.92 Å². The van der Waals surface area contributed by atoms with Gasteiger partial charge in [-0.2, -0.15) is 0 Å². The van der Waals surface area contributed by atoms with Crippen LogP contribution in [0.5, 0.6) is 0 Å². The van der Waals surface area contributed by atoms with E-state index in [2.05, 4.69) is 10.9 Å². The first-order chi connectivity index (χ1) is 6.43. The lowest BCUT2D eigenvalue weighted by Crippen LogP contribution is -2.47. The number of hydrogen-bond donors (Lipinski definition) is 4. The van der Waals surface area contributed by atoms with Crippen LogP contribution in [0.1, 0.15) is 19.8 Å². The third-order valence-electron chi connectivity index (χ3n) is 1.37. The molecule has 1 atom stereocenters. The Morgan fingerprint density at radius 2 is 1.86 bits per heavy atom. The van der Waals surface area contributed by atoms with E-state index in [4.69, 9.17) is 10.2 Å². The van der Waals surface area contributed by atoms with Crippen molar-refractivity contribution in [1.29, 1.82) is 0 Å². The minimum Gasteiger partial charge on any atom is -0.481 e. The summed E-state index contributed by atoms with van der Waals surface area (Å²) in [5.74, 6) is -2.73. The Labute approximate surface area is 80.1 Å². The highest BCUT2D eigenvalue weighted by Gasteiger charge is 2.18. The van der Waals surface area contributed by atoms with Crippen molar-refractivity contribution in [2.75, 3.05) is 0 Å². The molecule has 0 rings (SSSR count). The van der Waals surface area contributed by atoms with Crippen molar-refractivity contribution in [2.45, 2.75) is 25.8 Å². The zero-order chi connectivity index (χ0) is 11.1. The van der Waals surface area contributed by atoms with E-state index in [9.17, 15) is 14.4 Å². The second-order valence-corrected chi connectivity index (χ2v) is 2.65. The molecule has 0 bridgehead atoms. The van der Waals surface area contributed by atoms with Crippen LogP contribution in [-0.2, 0) is 14.4 Å². The molecular weight excluding hydrogens is 192 g/mol. The molecule has 0 radical (unpaired) electrons. The lowest BCUT2D eigenvalue weighted by atomic mass is 10.2. The van der Waals surface area contributed by atoms with Gasteiger partial charge in [0.1, 0.15) is 6.04 Å². The Balaban J connectivity index is 3.96. The van der Waals surface area contributed by atoms with Gasteiger partial charge in [0, 0.05) is 13.3 Å². The minimum absolute atomic E-state index is 0.0923. The van der Waals surface area contributed by atoms with E-state index in [-0.39, 0.29) is 12.8 Å². The number of carboxylic acids is 2. The van der Waals surface area contributed by atoms with Crippen molar-refractivity contribution in [1.82, 2.24) is 10.9 Å². The molecule has 0 unspecified atom stereocenters. The predicted molar refractivity (Wildman–Crippen MR) is 45.2 cm³/mol. The lowest BCUT2D eigenvalue weighted by Gasteiger charge is -2.12. The van der Waals surface area contributed by atoms with Crippen molar-refractivity contribution in [3.8, 4) is 0 Å². The molecule has 14 heavy (non-hydrogen) atoms. The van der Waals surface area contributed by atoms with Gasteiger partial charge in [-0.3, -0.25) is 19.8 Å². The fourth-order valence-electron chi connectivity index (χ4n) is 0.714. The summed E-state index contributed by atoms with van der Waals surface area (Å²) < 4.78 is 0. The highest BCUT2D eigenvalue weighted by molar-refractivity contribution is 5.76. The van der Waals surface area contributed by atoms with Crippen LogP contribution in [0.4, 0.5) is 0 Å². The SMILES string of the molecule is CC(=O)NN[C@@H](CCC(=O)O)C(=O)O. The average molecular weight is 204 g/mol. The number of carbonyl (C=O) groups is 3. The smallest absolute Gasteiger partial charge is 0.322 e. The second-order valence-electron chi connectivity index (χ2n) is 2.65. The van der Waals surface area contributed by atoms with Crippen LogP contribution in [0, 0.1) is 0 Å². The third kappa shape index (κ3) is 5.95. The maximum Gasteiger partial charge on any atom is 0.322 e. The molecule has 7 nitrogen and oxygen atoms in total. The molecule has 0 fully saturated rings. The third-order valence-corrected chi connectivity index (χ3v) is 1.37. The van der Waals surface area contributed by atoms with Gasteiger partial charge < -0.3 is 10.2 Å². The normalized spacial score (nSPS) is 11.8. The Morgan fingerprint density at radius 3 is 2.21 bits per heavy atom. The number of hydrogen-bond acceptors (Lipinski definition) is 4. The predicted octanol–water partition coefficient (Wildman–Crippen LogP) is -1.05. The topological polar surface area (TPSA) is 116 Å². The fourth-order valence-corrected chi connectivity index (χ4v) is 0.714. The number of hydrazine groups is 1. The molecule has 7 heteroatoms. The Bertz CT molecular complexity index is 222. The monoisotopic (exact) mass is 204 g/mol. The zero-order valence-corrected chi connectivity index (χ0v) is 7.61. The molecule has 0 aliphatic carbocycles. The first-order valence-electron chi connectivity index (χ1n) is 3.90. The highest BCUT2D eigenvalue weighted by atomic mass is 16.4. The summed E-state index contributed by atoms with van der Waals surface area (Å²) in [4.78, 5) is 31.1. The quantitative estimate of drug-likeness (QED) is 0.410. The van der Waals surface area contributed by atoms with Gasteiger partial charge in [0.15, 0.2) is 0 Å². The Hall–Kier alpha value is -1.63. The van der Waals surface area contributed by atoms with Gasteiger partial charge in [-0.25, -0.2) is 5.43 Å². The van der Waals surface area contributed by atoms with Crippen molar-refractivity contribution >= 4 is 17.8 Å². The molecule has 80 valence electrons. The molecule has 0 aliphatic rings. The summed E-state index contributed by atoms with van der Waals surface area (Å²) in [7, 11) is 0. The highest BCUT2D eigenvalue weighted by Crippen LogP contribution is 1.96. The van der Waals surface area contributed by atoms with Gasteiger partial charge in [0.05, 0.1) is 0 Å². The van der Waals surface area contributed by atoms with Crippen molar-refractivity contribution in [3.05, 3.63) is 0 Å². The van der Waals surface area contributed by atoms with E-state index in [1.807, 2.05) is 0 Å². The standard InChI is InChI=1S/C7H12N2O5/c1-4(10)8-9-5(7(13)14)2-3-6(11)12/h5,9H,2-3H2,1H3,(H,8,10)(H,11,12)(H,13,14)/t5-/m0/s1. The molecule has 4 N–H and O–H groups in total. The maximum atomic E-state index is 10.5. The summed E-state index contributed by atoms with van der Waals surface area (Å²) in [5.41, 5.74) is 4.30. The number of carboxylic acid groups (broad SMARTS) is 2. The van der Waals surface area contributed by atoms with Crippen LogP contribution in [0.25, 0.3) is 0 Å². The number of rotatable bonds is 6. The molecule has 0 aliphatic heterocycles.